The van der Waals surface area contributed by atoms with Gasteiger partial charge in [0.2, 0.25) is 0 Å². The number of hydrogen-bond donors (Lipinski definition) is 1. The van der Waals surface area contributed by atoms with E-state index in [9.17, 15) is 9.59 Å². The van der Waals surface area contributed by atoms with Crippen molar-refractivity contribution < 1.29 is 9.59 Å². The van der Waals surface area contributed by atoms with Crippen LogP contribution < -0.4 is 5.43 Å². The molecule has 0 spiro atoms. The van der Waals surface area contributed by atoms with Crippen LogP contribution in [0.5, 0.6) is 0 Å². The molecule has 4 nitrogen and oxygen atoms in total. The Labute approximate surface area is 167 Å². The Bertz CT molecular complexity index is 900. The number of amides is 2. The molecule has 1 aliphatic rings. The summed E-state index contributed by atoms with van der Waals surface area (Å²) in [5, 5.41) is 1.61. The van der Waals surface area contributed by atoms with Gasteiger partial charge >= 0.3 is 0 Å². The third-order valence-corrected chi connectivity index (χ3v) is 5.48. The third-order valence-electron chi connectivity index (χ3n) is 3.31. The van der Waals surface area contributed by atoms with Crippen LogP contribution in [-0.4, -0.2) is 21.1 Å². The summed E-state index contributed by atoms with van der Waals surface area (Å²) in [4.78, 5) is 25.2. The largest absolute Gasteiger partial charge is 0.285 e. The van der Waals surface area contributed by atoms with E-state index in [0.717, 1.165) is 21.2 Å². The molecule has 1 N–H and O–H groups in total. The van der Waals surface area contributed by atoms with E-state index in [1.807, 2.05) is 12.1 Å². The minimum atomic E-state index is -0.414. The Balaban J connectivity index is 1.79. The van der Waals surface area contributed by atoms with Crippen molar-refractivity contribution in [1.29, 1.82) is 0 Å². The van der Waals surface area contributed by atoms with Crippen molar-refractivity contribution in [3.05, 3.63) is 74.1 Å². The van der Waals surface area contributed by atoms with Crippen LogP contribution in [0.25, 0.3) is 6.08 Å². The van der Waals surface area contributed by atoms with Crippen LogP contribution in [0.2, 0.25) is 5.02 Å². The van der Waals surface area contributed by atoms with E-state index in [-0.39, 0.29) is 10.2 Å². The zero-order valence-corrected chi connectivity index (χ0v) is 16.5. The number of benzene rings is 2. The van der Waals surface area contributed by atoms with Gasteiger partial charge < -0.3 is 0 Å². The van der Waals surface area contributed by atoms with E-state index in [1.54, 1.807) is 42.5 Å². The fourth-order valence-electron chi connectivity index (χ4n) is 2.06. The average molecular weight is 454 g/mol. The molecule has 0 bridgehead atoms. The highest BCUT2D eigenvalue weighted by Crippen LogP contribution is 2.32. The number of carbonyl (C=O) groups is 2. The fraction of sp³-hybridized carbons (Fsp3) is 0. The molecule has 0 aliphatic carbocycles. The predicted octanol–water partition coefficient (Wildman–Crippen LogP) is 4.65. The summed E-state index contributed by atoms with van der Waals surface area (Å²) in [6.45, 7) is 0. The lowest BCUT2D eigenvalue weighted by atomic mass is 10.2. The molecule has 25 heavy (non-hydrogen) atoms. The van der Waals surface area contributed by atoms with E-state index >= 15 is 0 Å². The van der Waals surface area contributed by atoms with Gasteiger partial charge in [-0.2, -0.15) is 5.01 Å². The molecular weight excluding hydrogens is 444 g/mol. The maximum absolute atomic E-state index is 12.5. The molecule has 1 aliphatic heterocycles. The van der Waals surface area contributed by atoms with Gasteiger partial charge in [0.15, 0.2) is 4.32 Å². The van der Waals surface area contributed by atoms with Crippen LogP contribution in [0.15, 0.2) is 57.9 Å². The maximum atomic E-state index is 12.5. The summed E-state index contributed by atoms with van der Waals surface area (Å²) < 4.78 is 1.12. The highest BCUT2D eigenvalue weighted by Gasteiger charge is 2.33. The molecule has 0 radical (unpaired) electrons. The lowest BCUT2D eigenvalue weighted by Crippen LogP contribution is -2.44. The van der Waals surface area contributed by atoms with Crippen molar-refractivity contribution in [3.8, 4) is 0 Å². The van der Waals surface area contributed by atoms with Gasteiger partial charge in [0.25, 0.3) is 11.8 Å². The molecule has 2 aromatic rings. The Hall–Kier alpha value is -1.67. The molecule has 2 amide bonds. The SMILES string of the molecule is O=C(NN1C(=O)/C(=C\c2ccccc2Cl)SC1=S)c1ccc(Br)cc1. The molecule has 3 rings (SSSR count). The average Bonchev–Trinajstić information content (AvgIpc) is 2.85. The van der Waals surface area contributed by atoms with E-state index < -0.39 is 5.91 Å². The Kier molecular flexibility index (Phi) is 5.58. The standard InChI is InChI=1S/C17H10BrClN2O2S2/c18-12-7-5-10(6-8-12)15(22)20-21-16(23)14(25-17(21)24)9-11-3-1-2-4-13(11)19/h1-9H,(H,20,22)/b14-9+. The number of thiocarbonyl (C=S) groups is 1. The molecule has 1 heterocycles. The number of nitrogens with one attached hydrogen (secondary N) is 1. The van der Waals surface area contributed by atoms with Crippen LogP contribution in [-0.2, 0) is 4.79 Å². The molecule has 0 atom stereocenters. The lowest BCUT2D eigenvalue weighted by Gasteiger charge is -2.15. The summed E-state index contributed by atoms with van der Waals surface area (Å²) in [7, 11) is 0. The summed E-state index contributed by atoms with van der Waals surface area (Å²) in [5.74, 6) is -0.803. The topological polar surface area (TPSA) is 49.4 Å². The molecule has 0 aromatic heterocycles. The van der Waals surface area contributed by atoms with Crippen LogP contribution >= 0.6 is 51.5 Å². The van der Waals surface area contributed by atoms with E-state index in [0.29, 0.717) is 21.1 Å². The van der Waals surface area contributed by atoms with Gasteiger partial charge in [-0.1, -0.05) is 57.5 Å². The number of nitrogens with zero attached hydrogens (tertiary/aromatic N) is 1. The van der Waals surface area contributed by atoms with Gasteiger partial charge in [-0.25, -0.2) is 0 Å². The predicted molar refractivity (Wildman–Crippen MR) is 108 cm³/mol. The molecule has 0 unspecified atom stereocenters. The first-order chi connectivity index (χ1) is 12.0. The van der Waals surface area contributed by atoms with Gasteiger partial charge in [-0.05, 0) is 54.2 Å². The van der Waals surface area contributed by atoms with Crippen molar-refractivity contribution in [2.75, 3.05) is 0 Å². The summed E-state index contributed by atoms with van der Waals surface area (Å²) in [6, 6.07) is 14.0. The number of hydrazine groups is 1. The summed E-state index contributed by atoms with van der Waals surface area (Å²) in [6.07, 6.45) is 1.66. The van der Waals surface area contributed by atoms with Crippen molar-refractivity contribution in [2.24, 2.45) is 0 Å². The van der Waals surface area contributed by atoms with Crippen molar-refractivity contribution >= 4 is 73.7 Å². The second kappa shape index (κ2) is 7.70. The molecule has 2 aromatic carbocycles. The van der Waals surface area contributed by atoms with Crippen LogP contribution in [0.4, 0.5) is 0 Å². The van der Waals surface area contributed by atoms with Crippen molar-refractivity contribution in [1.82, 2.24) is 10.4 Å². The van der Waals surface area contributed by atoms with Crippen molar-refractivity contribution in [2.45, 2.75) is 0 Å². The summed E-state index contributed by atoms with van der Waals surface area (Å²) in [5.41, 5.74) is 3.67. The normalized spacial score (nSPS) is 15.8. The highest BCUT2D eigenvalue weighted by atomic mass is 79.9. The Morgan fingerprint density at radius 2 is 1.88 bits per heavy atom. The first-order valence-corrected chi connectivity index (χ1v) is 9.44. The van der Waals surface area contributed by atoms with Gasteiger partial charge in [0.05, 0.1) is 4.91 Å². The first-order valence-electron chi connectivity index (χ1n) is 7.05. The monoisotopic (exact) mass is 452 g/mol. The fourth-order valence-corrected chi connectivity index (χ4v) is 3.69. The molecule has 1 saturated heterocycles. The second-order valence-corrected chi connectivity index (χ2v) is 7.99. The second-order valence-electron chi connectivity index (χ2n) is 4.99. The third kappa shape index (κ3) is 4.12. The molecule has 8 heteroatoms. The Morgan fingerprint density at radius 3 is 2.56 bits per heavy atom. The number of rotatable bonds is 3. The molecule has 1 fully saturated rings. The van der Waals surface area contributed by atoms with Gasteiger partial charge in [-0.15, -0.1) is 0 Å². The van der Waals surface area contributed by atoms with E-state index in [1.165, 1.54) is 0 Å². The maximum Gasteiger partial charge on any atom is 0.285 e. The Morgan fingerprint density at radius 1 is 1.20 bits per heavy atom. The van der Waals surface area contributed by atoms with Crippen molar-refractivity contribution in [3.63, 3.8) is 0 Å². The van der Waals surface area contributed by atoms with Crippen LogP contribution in [0.1, 0.15) is 15.9 Å². The highest BCUT2D eigenvalue weighted by molar-refractivity contribution is 9.10. The molecular formula is C17H10BrClN2O2S2. The zero-order valence-electron chi connectivity index (χ0n) is 12.5. The van der Waals surface area contributed by atoms with E-state index in [4.69, 9.17) is 23.8 Å². The van der Waals surface area contributed by atoms with Crippen LogP contribution in [0.3, 0.4) is 0 Å². The lowest BCUT2D eigenvalue weighted by molar-refractivity contribution is -0.123. The number of carbonyl (C=O) groups excluding carboxylic acids is 2. The van der Waals surface area contributed by atoms with Gasteiger partial charge in [0, 0.05) is 15.1 Å². The minimum absolute atomic E-state index is 0.258. The summed E-state index contributed by atoms with van der Waals surface area (Å²) >= 11 is 15.7. The van der Waals surface area contributed by atoms with Gasteiger partial charge in [-0.3, -0.25) is 15.0 Å². The zero-order chi connectivity index (χ0) is 18.0. The van der Waals surface area contributed by atoms with Crippen LogP contribution in [0, 0.1) is 0 Å². The van der Waals surface area contributed by atoms with E-state index in [2.05, 4.69) is 21.4 Å². The molecule has 126 valence electrons. The quantitative estimate of drug-likeness (QED) is 0.543. The molecule has 0 saturated carbocycles. The smallest absolute Gasteiger partial charge is 0.267 e. The minimum Gasteiger partial charge on any atom is -0.267 e. The number of thioether (sulfide) groups is 1. The number of halogens is 2. The van der Waals surface area contributed by atoms with Gasteiger partial charge in [0.1, 0.15) is 0 Å². The number of hydrogen-bond acceptors (Lipinski definition) is 4. The first kappa shape index (κ1) is 18.1.